The van der Waals surface area contributed by atoms with E-state index in [9.17, 15) is 4.39 Å². The normalized spacial score (nSPS) is 20.5. The number of nitrogens with zero attached hydrogens (tertiary/aromatic N) is 2. The van der Waals surface area contributed by atoms with E-state index in [2.05, 4.69) is 22.5 Å². The third-order valence-corrected chi connectivity index (χ3v) is 5.61. The van der Waals surface area contributed by atoms with Crippen LogP contribution in [0.4, 0.5) is 4.39 Å². The Labute approximate surface area is 157 Å². The molecule has 2 N–H and O–H groups in total. The van der Waals surface area contributed by atoms with Crippen molar-refractivity contribution in [2.45, 2.75) is 58.0 Å². The van der Waals surface area contributed by atoms with Crippen LogP contribution in [0.2, 0.25) is 0 Å². The van der Waals surface area contributed by atoms with Crippen LogP contribution >= 0.6 is 0 Å². The maximum Gasteiger partial charge on any atom is 0.191 e. The van der Waals surface area contributed by atoms with Crippen LogP contribution in [0.5, 0.6) is 0 Å². The van der Waals surface area contributed by atoms with Gasteiger partial charge in [-0.05, 0) is 57.7 Å². The number of piperidine rings is 1. The van der Waals surface area contributed by atoms with Gasteiger partial charge >= 0.3 is 0 Å². The molecular formula is C21H33FN4. The van der Waals surface area contributed by atoms with Crippen molar-refractivity contribution in [3.05, 3.63) is 35.6 Å². The lowest BCUT2D eigenvalue weighted by atomic mass is 9.96. The number of rotatable bonds is 6. The smallest absolute Gasteiger partial charge is 0.191 e. The first-order valence-corrected chi connectivity index (χ1v) is 10.2. The molecule has 1 aromatic rings. The molecule has 0 amide bonds. The minimum Gasteiger partial charge on any atom is -0.357 e. The maximum absolute atomic E-state index is 13.8. The Kier molecular flexibility index (Phi) is 7.30. The number of likely N-dealkylation sites (tertiary alicyclic amines) is 1. The molecule has 1 aliphatic carbocycles. The molecule has 2 fully saturated rings. The summed E-state index contributed by atoms with van der Waals surface area (Å²) in [6.45, 7) is 6.68. The zero-order chi connectivity index (χ0) is 18.2. The number of benzene rings is 1. The van der Waals surface area contributed by atoms with Crippen molar-refractivity contribution in [1.29, 1.82) is 0 Å². The van der Waals surface area contributed by atoms with E-state index in [1.165, 1.54) is 25.7 Å². The minimum atomic E-state index is -0.0903. The van der Waals surface area contributed by atoms with Crippen LogP contribution in [0, 0.1) is 11.7 Å². The molecule has 2 aliphatic rings. The third kappa shape index (κ3) is 5.70. The molecule has 0 unspecified atom stereocenters. The molecule has 0 aromatic heterocycles. The van der Waals surface area contributed by atoms with Gasteiger partial charge in [0.1, 0.15) is 5.82 Å². The van der Waals surface area contributed by atoms with Gasteiger partial charge < -0.3 is 10.6 Å². The first-order chi connectivity index (χ1) is 12.7. The first-order valence-electron chi connectivity index (χ1n) is 10.2. The van der Waals surface area contributed by atoms with E-state index in [0.717, 1.165) is 50.5 Å². The summed E-state index contributed by atoms with van der Waals surface area (Å²) in [6, 6.07) is 7.71. The van der Waals surface area contributed by atoms with Crippen molar-refractivity contribution in [3.63, 3.8) is 0 Å². The van der Waals surface area contributed by atoms with E-state index in [1.807, 2.05) is 12.1 Å². The predicted molar refractivity (Wildman–Crippen MR) is 106 cm³/mol. The predicted octanol–water partition coefficient (Wildman–Crippen LogP) is 3.54. The van der Waals surface area contributed by atoms with Gasteiger partial charge in [0.05, 0.1) is 0 Å². The van der Waals surface area contributed by atoms with Gasteiger partial charge in [-0.3, -0.25) is 9.89 Å². The molecule has 5 heteroatoms. The Hall–Kier alpha value is -1.62. The van der Waals surface area contributed by atoms with Gasteiger partial charge in [-0.2, -0.15) is 0 Å². The average molecular weight is 361 g/mol. The molecule has 0 spiro atoms. The van der Waals surface area contributed by atoms with Crippen LogP contribution in [0.1, 0.15) is 51.0 Å². The fourth-order valence-corrected chi connectivity index (χ4v) is 4.00. The summed E-state index contributed by atoms with van der Waals surface area (Å²) in [4.78, 5) is 7.20. The quantitative estimate of drug-likeness (QED) is 0.602. The topological polar surface area (TPSA) is 39.7 Å². The Morgan fingerprint density at radius 3 is 2.58 bits per heavy atom. The summed E-state index contributed by atoms with van der Waals surface area (Å²) < 4.78 is 13.8. The van der Waals surface area contributed by atoms with Crippen molar-refractivity contribution in [2.75, 3.05) is 26.2 Å². The second-order valence-electron chi connectivity index (χ2n) is 7.66. The fraction of sp³-hybridized carbons (Fsp3) is 0.667. The van der Waals surface area contributed by atoms with Gasteiger partial charge in [-0.1, -0.05) is 31.0 Å². The summed E-state index contributed by atoms with van der Waals surface area (Å²) in [5.74, 6) is 1.52. The molecule has 1 saturated carbocycles. The van der Waals surface area contributed by atoms with E-state index >= 15 is 0 Å². The molecule has 0 atom stereocenters. The maximum atomic E-state index is 13.8. The van der Waals surface area contributed by atoms with Gasteiger partial charge in [0.2, 0.25) is 0 Å². The minimum absolute atomic E-state index is 0.0903. The molecule has 3 rings (SSSR count). The Balaban J connectivity index is 1.44. The Morgan fingerprint density at radius 1 is 1.15 bits per heavy atom. The number of aliphatic imine (C=N–C) groups is 1. The summed E-state index contributed by atoms with van der Waals surface area (Å²) >= 11 is 0. The number of halogens is 1. The van der Waals surface area contributed by atoms with Crippen LogP contribution < -0.4 is 10.6 Å². The second kappa shape index (κ2) is 9.91. The molecule has 4 nitrogen and oxygen atoms in total. The standard InChI is InChI=1S/C21H33FN4/c1-2-23-21(25-19-8-4-5-9-19)24-15-17-11-13-26(14-12-17)16-18-7-3-6-10-20(18)22/h3,6-7,10,17,19H,2,4-5,8-9,11-16H2,1H3,(H2,23,24,25). The van der Waals surface area contributed by atoms with Gasteiger partial charge in [-0.25, -0.2) is 4.39 Å². The first kappa shape index (κ1) is 19.2. The van der Waals surface area contributed by atoms with Crippen LogP contribution in [-0.4, -0.2) is 43.1 Å². The zero-order valence-electron chi connectivity index (χ0n) is 16.0. The van der Waals surface area contributed by atoms with Crippen molar-refractivity contribution >= 4 is 5.96 Å². The number of hydrogen-bond donors (Lipinski definition) is 2. The van der Waals surface area contributed by atoms with Gasteiger partial charge in [-0.15, -0.1) is 0 Å². The molecule has 144 valence electrons. The summed E-state index contributed by atoms with van der Waals surface area (Å²) in [6.07, 6.45) is 7.47. The molecule has 0 radical (unpaired) electrons. The van der Waals surface area contributed by atoms with Crippen LogP contribution in [0.15, 0.2) is 29.3 Å². The van der Waals surface area contributed by atoms with E-state index in [-0.39, 0.29) is 5.82 Å². The Morgan fingerprint density at radius 2 is 1.88 bits per heavy atom. The van der Waals surface area contributed by atoms with Crippen molar-refractivity contribution in [3.8, 4) is 0 Å². The highest BCUT2D eigenvalue weighted by Gasteiger charge is 2.20. The van der Waals surface area contributed by atoms with Crippen molar-refractivity contribution in [1.82, 2.24) is 15.5 Å². The molecule has 1 aliphatic heterocycles. The largest absolute Gasteiger partial charge is 0.357 e. The molecule has 26 heavy (non-hydrogen) atoms. The lowest BCUT2D eigenvalue weighted by Crippen LogP contribution is -2.43. The summed E-state index contributed by atoms with van der Waals surface area (Å²) in [5, 5.41) is 6.97. The van der Waals surface area contributed by atoms with Crippen molar-refractivity contribution in [2.24, 2.45) is 10.9 Å². The van der Waals surface area contributed by atoms with E-state index in [1.54, 1.807) is 12.1 Å². The van der Waals surface area contributed by atoms with Crippen molar-refractivity contribution < 1.29 is 4.39 Å². The molecule has 1 saturated heterocycles. The molecular weight excluding hydrogens is 327 g/mol. The lowest BCUT2D eigenvalue weighted by Gasteiger charge is -2.31. The highest BCUT2D eigenvalue weighted by Crippen LogP contribution is 2.21. The van der Waals surface area contributed by atoms with Gasteiger partial charge in [0, 0.05) is 31.2 Å². The highest BCUT2D eigenvalue weighted by atomic mass is 19.1. The van der Waals surface area contributed by atoms with Gasteiger partial charge in [0.15, 0.2) is 5.96 Å². The molecule has 1 heterocycles. The summed E-state index contributed by atoms with van der Waals surface area (Å²) in [5.41, 5.74) is 0.805. The van der Waals surface area contributed by atoms with Crippen LogP contribution in [0.3, 0.4) is 0 Å². The van der Waals surface area contributed by atoms with E-state index in [0.29, 0.717) is 18.5 Å². The third-order valence-electron chi connectivity index (χ3n) is 5.61. The fourth-order valence-electron chi connectivity index (χ4n) is 4.00. The average Bonchev–Trinajstić information content (AvgIpc) is 3.16. The lowest BCUT2D eigenvalue weighted by molar-refractivity contribution is 0.179. The number of hydrogen-bond acceptors (Lipinski definition) is 2. The van der Waals surface area contributed by atoms with Gasteiger partial charge in [0.25, 0.3) is 0 Å². The summed E-state index contributed by atoms with van der Waals surface area (Å²) in [7, 11) is 0. The van der Waals surface area contributed by atoms with Crippen LogP contribution in [0.25, 0.3) is 0 Å². The zero-order valence-corrected chi connectivity index (χ0v) is 16.0. The molecule has 1 aromatic carbocycles. The molecule has 0 bridgehead atoms. The monoisotopic (exact) mass is 360 g/mol. The Bertz CT molecular complexity index is 575. The SMILES string of the molecule is CCNC(=NCC1CCN(Cc2ccccc2F)CC1)NC1CCCC1. The number of guanidine groups is 1. The highest BCUT2D eigenvalue weighted by molar-refractivity contribution is 5.80. The van der Waals surface area contributed by atoms with E-state index in [4.69, 9.17) is 4.99 Å². The van der Waals surface area contributed by atoms with Crippen LogP contribution in [-0.2, 0) is 6.54 Å². The second-order valence-corrected chi connectivity index (χ2v) is 7.66. The van der Waals surface area contributed by atoms with E-state index < -0.39 is 0 Å². The number of nitrogens with one attached hydrogen (secondary N) is 2.